The topological polar surface area (TPSA) is 32.8 Å². The van der Waals surface area contributed by atoms with Gasteiger partial charge < -0.3 is 9.64 Å². The summed E-state index contributed by atoms with van der Waals surface area (Å²) < 4.78 is 5.20. The van der Waals surface area contributed by atoms with Gasteiger partial charge in [-0.2, -0.15) is 0 Å². The number of carbonyl (C=O) groups excluding carboxylic acids is 1. The Morgan fingerprint density at radius 2 is 1.75 bits per heavy atom. The van der Waals surface area contributed by atoms with Gasteiger partial charge in [-0.3, -0.25) is 9.69 Å². The summed E-state index contributed by atoms with van der Waals surface area (Å²) in [5, 5.41) is 0. The van der Waals surface area contributed by atoms with Gasteiger partial charge in [0.2, 0.25) is 5.91 Å². The largest absolute Gasteiger partial charge is 0.497 e. The predicted octanol–water partition coefficient (Wildman–Crippen LogP) is 2.79. The van der Waals surface area contributed by atoms with Crippen molar-refractivity contribution < 1.29 is 9.53 Å². The molecule has 2 aromatic carbocycles. The Morgan fingerprint density at radius 1 is 1.00 bits per heavy atom. The number of likely N-dealkylation sites (tertiary alicyclic amines) is 1. The lowest BCUT2D eigenvalue weighted by molar-refractivity contribution is -0.120. The minimum absolute atomic E-state index is 0.142. The van der Waals surface area contributed by atoms with E-state index in [9.17, 15) is 4.79 Å². The van der Waals surface area contributed by atoms with Crippen molar-refractivity contribution in [2.24, 2.45) is 11.8 Å². The summed E-state index contributed by atoms with van der Waals surface area (Å²) in [7, 11) is 1.68. The fraction of sp³-hybridized carbons (Fsp3) is 0.350. The van der Waals surface area contributed by atoms with E-state index in [1.54, 1.807) is 7.11 Å². The molecule has 2 fully saturated rings. The van der Waals surface area contributed by atoms with Crippen LogP contribution in [0.4, 0.5) is 5.69 Å². The fourth-order valence-electron chi connectivity index (χ4n) is 3.91. The molecule has 24 heavy (non-hydrogen) atoms. The van der Waals surface area contributed by atoms with Crippen LogP contribution in [-0.4, -0.2) is 37.6 Å². The van der Waals surface area contributed by atoms with Crippen LogP contribution in [0.2, 0.25) is 0 Å². The van der Waals surface area contributed by atoms with Crippen LogP contribution >= 0.6 is 0 Å². The Bertz CT molecular complexity index is 714. The molecule has 2 aromatic rings. The van der Waals surface area contributed by atoms with Gasteiger partial charge in [0.1, 0.15) is 5.75 Å². The Labute approximate surface area is 142 Å². The molecule has 2 heterocycles. The highest BCUT2D eigenvalue weighted by Gasteiger charge is 2.46. The van der Waals surface area contributed by atoms with Gasteiger partial charge in [0.05, 0.1) is 13.0 Å². The van der Waals surface area contributed by atoms with Crippen LogP contribution in [0.1, 0.15) is 5.56 Å². The van der Waals surface area contributed by atoms with Crippen LogP contribution in [0.15, 0.2) is 54.6 Å². The van der Waals surface area contributed by atoms with Gasteiger partial charge >= 0.3 is 0 Å². The number of amides is 1. The SMILES string of the molecule is COc1ccc(CN2C[C@@H]3CN(c4ccccc4)C(=O)[C@H]3C2)cc1. The van der Waals surface area contributed by atoms with Crippen molar-refractivity contribution in [2.75, 3.05) is 31.6 Å². The summed E-state index contributed by atoms with van der Waals surface area (Å²) in [4.78, 5) is 17.1. The number of para-hydroxylation sites is 1. The van der Waals surface area contributed by atoms with E-state index >= 15 is 0 Å². The lowest BCUT2D eigenvalue weighted by atomic mass is 10.0. The Kier molecular flexibility index (Phi) is 3.98. The van der Waals surface area contributed by atoms with Crippen molar-refractivity contribution >= 4 is 11.6 Å². The summed E-state index contributed by atoms with van der Waals surface area (Å²) in [5.74, 6) is 1.74. The highest BCUT2D eigenvalue weighted by molar-refractivity contribution is 5.98. The first-order valence-electron chi connectivity index (χ1n) is 8.46. The molecule has 0 bridgehead atoms. The normalized spacial score (nSPS) is 23.5. The zero-order valence-corrected chi connectivity index (χ0v) is 13.9. The third-order valence-corrected chi connectivity index (χ3v) is 5.15. The number of methoxy groups -OCH3 is 1. The summed E-state index contributed by atoms with van der Waals surface area (Å²) in [6.07, 6.45) is 0. The van der Waals surface area contributed by atoms with Crippen molar-refractivity contribution in [3.05, 3.63) is 60.2 Å². The number of anilines is 1. The van der Waals surface area contributed by atoms with Gasteiger partial charge in [-0.1, -0.05) is 30.3 Å². The number of hydrogen-bond donors (Lipinski definition) is 0. The van der Waals surface area contributed by atoms with E-state index in [1.807, 2.05) is 47.4 Å². The molecule has 2 aliphatic heterocycles. The molecular formula is C20H22N2O2. The van der Waals surface area contributed by atoms with Gasteiger partial charge in [-0.05, 0) is 29.8 Å². The van der Waals surface area contributed by atoms with Gasteiger partial charge in [0.25, 0.3) is 0 Å². The number of nitrogens with zero attached hydrogens (tertiary/aromatic N) is 2. The second kappa shape index (κ2) is 6.29. The van der Waals surface area contributed by atoms with E-state index in [1.165, 1.54) is 5.56 Å². The minimum Gasteiger partial charge on any atom is -0.497 e. The first-order valence-corrected chi connectivity index (χ1v) is 8.46. The fourth-order valence-corrected chi connectivity index (χ4v) is 3.91. The van der Waals surface area contributed by atoms with Crippen LogP contribution in [-0.2, 0) is 11.3 Å². The smallest absolute Gasteiger partial charge is 0.231 e. The highest BCUT2D eigenvalue weighted by atomic mass is 16.5. The van der Waals surface area contributed by atoms with E-state index < -0.39 is 0 Å². The summed E-state index contributed by atoms with van der Waals surface area (Å²) >= 11 is 0. The standard InChI is InChI=1S/C20H22N2O2/c1-24-18-9-7-15(8-10-18)11-21-12-16-13-22(20(23)19(16)14-21)17-5-3-2-4-6-17/h2-10,16,19H,11-14H2,1H3/t16-,19+/m1/s1. The molecule has 2 atom stereocenters. The first kappa shape index (κ1) is 15.2. The molecule has 4 rings (SSSR count). The average molecular weight is 322 g/mol. The van der Waals surface area contributed by atoms with Crippen LogP contribution in [0.25, 0.3) is 0 Å². The number of fused-ring (bicyclic) bond motifs is 1. The Hall–Kier alpha value is -2.33. The average Bonchev–Trinajstić information content (AvgIpc) is 3.15. The molecule has 1 amide bonds. The third kappa shape index (κ3) is 2.78. The number of carbonyl (C=O) groups is 1. The van der Waals surface area contributed by atoms with Crippen LogP contribution in [0, 0.1) is 11.8 Å². The molecule has 0 spiro atoms. The summed E-state index contributed by atoms with van der Waals surface area (Å²) in [5.41, 5.74) is 2.29. The maximum Gasteiger partial charge on any atom is 0.231 e. The van der Waals surface area contributed by atoms with Crippen molar-refractivity contribution in [3.8, 4) is 5.75 Å². The number of hydrogen-bond acceptors (Lipinski definition) is 3. The predicted molar refractivity (Wildman–Crippen MR) is 94.0 cm³/mol. The molecule has 0 radical (unpaired) electrons. The van der Waals surface area contributed by atoms with Gasteiger partial charge in [0, 0.05) is 37.8 Å². The second-order valence-electron chi connectivity index (χ2n) is 6.69. The molecule has 0 aromatic heterocycles. The molecule has 0 N–H and O–H groups in total. The lowest BCUT2D eigenvalue weighted by Gasteiger charge is -2.21. The Morgan fingerprint density at radius 3 is 2.42 bits per heavy atom. The van der Waals surface area contributed by atoms with E-state index in [2.05, 4.69) is 17.0 Å². The zero-order chi connectivity index (χ0) is 16.5. The van der Waals surface area contributed by atoms with Gasteiger partial charge in [0.15, 0.2) is 0 Å². The van der Waals surface area contributed by atoms with Crippen molar-refractivity contribution in [1.82, 2.24) is 4.90 Å². The van der Waals surface area contributed by atoms with Crippen LogP contribution in [0.3, 0.4) is 0 Å². The molecule has 2 aliphatic rings. The van der Waals surface area contributed by atoms with Crippen LogP contribution in [0.5, 0.6) is 5.75 Å². The lowest BCUT2D eigenvalue weighted by Crippen LogP contribution is -2.32. The van der Waals surface area contributed by atoms with Crippen molar-refractivity contribution in [3.63, 3.8) is 0 Å². The molecule has 2 saturated heterocycles. The van der Waals surface area contributed by atoms with Crippen molar-refractivity contribution in [1.29, 1.82) is 0 Å². The van der Waals surface area contributed by atoms with E-state index in [0.29, 0.717) is 5.92 Å². The minimum atomic E-state index is 0.142. The first-order chi connectivity index (χ1) is 11.7. The monoisotopic (exact) mass is 322 g/mol. The molecule has 124 valence electrons. The van der Waals surface area contributed by atoms with E-state index in [4.69, 9.17) is 4.74 Å². The summed E-state index contributed by atoms with van der Waals surface area (Å²) in [6, 6.07) is 18.2. The molecule has 0 saturated carbocycles. The van der Waals surface area contributed by atoms with Gasteiger partial charge in [-0.25, -0.2) is 0 Å². The number of benzene rings is 2. The zero-order valence-electron chi connectivity index (χ0n) is 13.9. The van der Waals surface area contributed by atoms with E-state index in [-0.39, 0.29) is 11.8 Å². The van der Waals surface area contributed by atoms with Crippen LogP contribution < -0.4 is 9.64 Å². The second-order valence-corrected chi connectivity index (χ2v) is 6.69. The molecular weight excluding hydrogens is 300 g/mol. The maximum absolute atomic E-state index is 12.8. The number of ether oxygens (including phenoxy) is 1. The molecule has 0 aliphatic carbocycles. The Balaban J connectivity index is 1.40. The van der Waals surface area contributed by atoms with E-state index in [0.717, 1.165) is 37.6 Å². The highest BCUT2D eigenvalue weighted by Crippen LogP contribution is 2.35. The maximum atomic E-state index is 12.8. The molecule has 4 nitrogen and oxygen atoms in total. The van der Waals surface area contributed by atoms with Gasteiger partial charge in [-0.15, -0.1) is 0 Å². The van der Waals surface area contributed by atoms with Crippen molar-refractivity contribution in [2.45, 2.75) is 6.54 Å². The third-order valence-electron chi connectivity index (χ3n) is 5.15. The molecule has 4 heteroatoms. The quantitative estimate of drug-likeness (QED) is 0.868. The molecule has 0 unspecified atom stereocenters. The summed E-state index contributed by atoms with van der Waals surface area (Å²) in [6.45, 7) is 3.59. The number of rotatable bonds is 4.